The van der Waals surface area contributed by atoms with Crippen LogP contribution in [0.5, 0.6) is 0 Å². The van der Waals surface area contributed by atoms with Gasteiger partial charge >= 0.3 is 7.60 Å². The Morgan fingerprint density at radius 1 is 1.26 bits per heavy atom. The largest absolute Gasteiger partial charge is 0.361 e. The molecular weight excluding hydrogens is 337 g/mol. The summed E-state index contributed by atoms with van der Waals surface area (Å²) in [6.45, 7) is 4.15. The second-order valence-corrected chi connectivity index (χ2v) is 7.40. The van der Waals surface area contributed by atoms with Crippen molar-refractivity contribution in [1.29, 1.82) is 0 Å². The Labute approximate surface area is 139 Å². The van der Waals surface area contributed by atoms with E-state index in [1.807, 2.05) is 0 Å². The van der Waals surface area contributed by atoms with Gasteiger partial charge in [0, 0.05) is 0 Å². The fourth-order valence-corrected chi connectivity index (χ4v) is 3.99. The molecule has 124 valence electrons. The van der Waals surface area contributed by atoms with Crippen LogP contribution in [0.4, 0.5) is 0 Å². The summed E-state index contributed by atoms with van der Waals surface area (Å²) in [5.74, 6) is 0.295. The quantitative estimate of drug-likeness (QED) is 0.460. The van der Waals surface area contributed by atoms with E-state index < -0.39 is 7.60 Å². The molecule has 1 aliphatic rings. The monoisotopic (exact) mass is 355 g/mol. The maximum Gasteiger partial charge on any atom is 0.361 e. The molecular formula is C14H18N3O4PS. The van der Waals surface area contributed by atoms with Gasteiger partial charge in [-0.25, -0.2) is 0 Å². The number of benzene rings is 1. The van der Waals surface area contributed by atoms with Crippen LogP contribution in [0.3, 0.4) is 0 Å². The molecule has 7 nitrogen and oxygen atoms in total. The highest BCUT2D eigenvalue weighted by atomic mass is 32.2. The van der Waals surface area contributed by atoms with E-state index in [0.717, 1.165) is 5.56 Å². The molecule has 1 aromatic rings. The second-order valence-electron chi connectivity index (χ2n) is 4.41. The van der Waals surface area contributed by atoms with Gasteiger partial charge in [-0.3, -0.25) is 9.36 Å². The van der Waals surface area contributed by atoms with E-state index in [1.165, 1.54) is 11.8 Å². The number of hydrogen-bond donors (Lipinski definition) is 1. The fourth-order valence-electron chi connectivity index (χ4n) is 1.80. The molecule has 0 bridgehead atoms. The van der Waals surface area contributed by atoms with Crippen LogP contribution in [0.1, 0.15) is 19.4 Å². The summed E-state index contributed by atoms with van der Waals surface area (Å²) in [4.78, 5) is 11.0. The Hall–Kier alpha value is -1.47. The van der Waals surface area contributed by atoms with Crippen LogP contribution in [-0.4, -0.2) is 36.3 Å². The summed E-state index contributed by atoms with van der Waals surface area (Å²) in [5, 5.41) is 11.4. The average Bonchev–Trinajstić information content (AvgIpc) is 2.94. The normalized spacial score (nSPS) is 17.1. The third-order valence-corrected chi connectivity index (χ3v) is 5.74. The highest BCUT2D eigenvalue weighted by molar-refractivity contribution is 8.15. The van der Waals surface area contributed by atoms with Gasteiger partial charge in [0.15, 0.2) is 5.17 Å². The third-order valence-electron chi connectivity index (χ3n) is 2.75. The number of rotatable bonds is 7. The summed E-state index contributed by atoms with van der Waals surface area (Å²) in [5.41, 5.74) is 0.784. The molecule has 2 rings (SSSR count). The number of nitrogens with zero attached hydrogens (tertiary/aromatic N) is 2. The Bertz CT molecular complexity index is 650. The van der Waals surface area contributed by atoms with Crippen LogP contribution in [0, 0.1) is 0 Å². The first-order valence-electron chi connectivity index (χ1n) is 7.11. The standard InChI is InChI=1S/C14H18N3O4PS/c1-3-20-22(19,21-4-2)12-7-5-11(6-8-12)9-15-17-14-16-13(18)10-23-14/h5-9H,3-4,10H2,1-2H3,(H,16,17,18). The smallest absolute Gasteiger partial charge is 0.305 e. The number of hydrogen-bond acceptors (Lipinski definition) is 7. The predicted molar refractivity (Wildman–Crippen MR) is 92.6 cm³/mol. The van der Waals surface area contributed by atoms with Crippen molar-refractivity contribution in [2.75, 3.05) is 19.0 Å². The topological polar surface area (TPSA) is 89.3 Å². The number of amides is 1. The Morgan fingerprint density at radius 3 is 2.43 bits per heavy atom. The third kappa shape index (κ3) is 5.00. The molecule has 0 radical (unpaired) electrons. The van der Waals surface area contributed by atoms with E-state index in [9.17, 15) is 9.36 Å². The van der Waals surface area contributed by atoms with Crippen molar-refractivity contribution in [2.24, 2.45) is 10.2 Å². The van der Waals surface area contributed by atoms with Crippen molar-refractivity contribution in [1.82, 2.24) is 5.32 Å². The predicted octanol–water partition coefficient (Wildman–Crippen LogP) is 2.13. The van der Waals surface area contributed by atoms with Gasteiger partial charge in [0.2, 0.25) is 5.91 Å². The van der Waals surface area contributed by atoms with E-state index in [-0.39, 0.29) is 5.91 Å². The zero-order valence-corrected chi connectivity index (χ0v) is 14.6. The number of carbonyl (C=O) groups is 1. The lowest BCUT2D eigenvalue weighted by atomic mass is 10.2. The molecule has 0 aliphatic carbocycles. The summed E-state index contributed by atoms with van der Waals surface area (Å²) in [6, 6.07) is 6.88. The van der Waals surface area contributed by atoms with Crippen LogP contribution in [0.15, 0.2) is 34.5 Å². The number of amidine groups is 1. The first kappa shape index (κ1) is 17.9. The SMILES string of the molecule is CCOP(=O)(OCC)c1ccc(C=NN=C2NC(=O)CS2)cc1. The molecule has 0 atom stereocenters. The minimum atomic E-state index is -3.26. The molecule has 1 amide bonds. The van der Waals surface area contributed by atoms with Gasteiger partial charge in [0.25, 0.3) is 0 Å². The maximum absolute atomic E-state index is 12.6. The summed E-state index contributed by atoms with van der Waals surface area (Å²) < 4.78 is 23.2. The van der Waals surface area contributed by atoms with Crippen molar-refractivity contribution < 1.29 is 18.4 Å². The highest BCUT2D eigenvalue weighted by Crippen LogP contribution is 2.46. The van der Waals surface area contributed by atoms with E-state index in [0.29, 0.717) is 29.4 Å². The second kappa shape index (κ2) is 8.40. The molecule has 1 N–H and O–H groups in total. The molecule has 1 heterocycles. The molecule has 1 aliphatic heterocycles. The molecule has 1 aromatic carbocycles. The zero-order valence-electron chi connectivity index (χ0n) is 12.9. The molecule has 1 fully saturated rings. The summed E-state index contributed by atoms with van der Waals surface area (Å²) >= 11 is 1.31. The lowest BCUT2D eigenvalue weighted by molar-refractivity contribution is -0.116. The number of thioether (sulfide) groups is 1. The molecule has 9 heteroatoms. The van der Waals surface area contributed by atoms with Gasteiger partial charge in [-0.15, -0.1) is 5.10 Å². The first-order chi connectivity index (χ1) is 11.1. The molecule has 0 aromatic heterocycles. The van der Waals surface area contributed by atoms with Gasteiger partial charge in [-0.05, 0) is 31.5 Å². The van der Waals surface area contributed by atoms with Crippen molar-refractivity contribution in [2.45, 2.75) is 13.8 Å². The van der Waals surface area contributed by atoms with Crippen molar-refractivity contribution in [3.8, 4) is 0 Å². The zero-order chi connectivity index (χ0) is 16.7. The highest BCUT2D eigenvalue weighted by Gasteiger charge is 2.26. The van der Waals surface area contributed by atoms with E-state index in [4.69, 9.17) is 9.05 Å². The lowest BCUT2D eigenvalue weighted by Gasteiger charge is -2.16. The Morgan fingerprint density at radius 2 is 1.91 bits per heavy atom. The van der Waals surface area contributed by atoms with Crippen LogP contribution in [0.25, 0.3) is 0 Å². The van der Waals surface area contributed by atoms with Gasteiger partial charge in [-0.1, -0.05) is 23.9 Å². The van der Waals surface area contributed by atoms with Crippen molar-refractivity contribution in [3.63, 3.8) is 0 Å². The molecule has 0 unspecified atom stereocenters. The van der Waals surface area contributed by atoms with Gasteiger partial charge in [0.1, 0.15) is 0 Å². The van der Waals surface area contributed by atoms with Gasteiger partial charge < -0.3 is 14.4 Å². The van der Waals surface area contributed by atoms with Gasteiger partial charge in [0.05, 0.1) is 30.5 Å². The maximum atomic E-state index is 12.6. The minimum Gasteiger partial charge on any atom is -0.305 e. The summed E-state index contributed by atoms with van der Waals surface area (Å²) in [7, 11) is -3.26. The Kier molecular flexibility index (Phi) is 6.53. The van der Waals surface area contributed by atoms with Crippen LogP contribution in [0.2, 0.25) is 0 Å². The molecule has 1 saturated heterocycles. The van der Waals surface area contributed by atoms with E-state index in [2.05, 4.69) is 15.5 Å². The van der Waals surface area contributed by atoms with Crippen molar-refractivity contribution in [3.05, 3.63) is 29.8 Å². The van der Waals surface area contributed by atoms with E-state index >= 15 is 0 Å². The summed E-state index contributed by atoms with van der Waals surface area (Å²) in [6.07, 6.45) is 1.55. The lowest BCUT2D eigenvalue weighted by Crippen LogP contribution is -2.19. The van der Waals surface area contributed by atoms with Gasteiger partial charge in [-0.2, -0.15) is 5.10 Å². The molecule has 0 spiro atoms. The van der Waals surface area contributed by atoms with Crippen LogP contribution in [-0.2, 0) is 18.4 Å². The number of nitrogens with one attached hydrogen (secondary N) is 1. The van der Waals surface area contributed by atoms with Crippen LogP contribution >= 0.6 is 19.4 Å². The molecule has 23 heavy (non-hydrogen) atoms. The fraction of sp³-hybridized carbons (Fsp3) is 0.357. The van der Waals surface area contributed by atoms with E-state index in [1.54, 1.807) is 44.3 Å². The first-order valence-corrected chi connectivity index (χ1v) is 9.63. The average molecular weight is 355 g/mol. The number of carbonyl (C=O) groups excluding carboxylic acids is 1. The molecule has 0 saturated carbocycles. The van der Waals surface area contributed by atoms with Crippen molar-refractivity contribution >= 4 is 42.0 Å². The minimum absolute atomic E-state index is 0.0732. The Balaban J connectivity index is 2.06. The van der Waals surface area contributed by atoms with Crippen LogP contribution < -0.4 is 10.6 Å².